The van der Waals surface area contributed by atoms with Crippen molar-refractivity contribution >= 4 is 40.5 Å². The summed E-state index contributed by atoms with van der Waals surface area (Å²) in [6, 6.07) is 7.24. The summed E-state index contributed by atoms with van der Waals surface area (Å²) in [5, 5.41) is 0.959. The predicted molar refractivity (Wildman–Crippen MR) is 83.5 cm³/mol. The van der Waals surface area contributed by atoms with E-state index in [1.54, 1.807) is 12.1 Å². The number of pyridine rings is 1. The first-order chi connectivity index (χ1) is 9.47. The maximum atomic E-state index is 12.6. The highest BCUT2D eigenvalue weighted by molar-refractivity contribution is 7.80. The zero-order chi connectivity index (χ0) is 14.4. The number of nitrogen functional groups attached to an aromatic ring is 1. The first-order valence-corrected chi connectivity index (χ1v) is 6.78. The summed E-state index contributed by atoms with van der Waals surface area (Å²) in [5.74, 6) is 0.599. The van der Waals surface area contributed by atoms with Gasteiger partial charge in [-0.3, -0.25) is 4.79 Å². The zero-order valence-corrected chi connectivity index (χ0v) is 12.1. The van der Waals surface area contributed by atoms with Crippen LogP contribution < -0.4 is 11.2 Å². The standard InChI is InChI=1S/C15H14N2O2S/c1-7(2)8-3-4-11-9(5-8)13(18)10-6-12(20)14(16)17-15(10)19-11/h3-7,20H,1-2H3,(H2,16,17). The average Bonchev–Trinajstić information content (AvgIpc) is 2.41. The lowest BCUT2D eigenvalue weighted by atomic mass is 10.0. The van der Waals surface area contributed by atoms with Crippen LogP contribution in [0.4, 0.5) is 5.82 Å². The SMILES string of the molecule is CC(C)c1ccc2oc3nc(N)c(S)cc3c(=O)c2c1. The average molecular weight is 286 g/mol. The predicted octanol–water partition coefficient (Wildman–Crippen LogP) is 3.34. The Bertz CT molecular complexity index is 884. The molecule has 1 aromatic carbocycles. The Morgan fingerprint density at radius 2 is 2.00 bits per heavy atom. The molecule has 2 aromatic heterocycles. The molecule has 0 fully saturated rings. The number of rotatable bonds is 1. The number of hydrogen-bond acceptors (Lipinski definition) is 5. The van der Waals surface area contributed by atoms with Gasteiger partial charge in [0.05, 0.1) is 10.8 Å². The number of hydrogen-bond donors (Lipinski definition) is 2. The third kappa shape index (κ3) is 1.94. The van der Waals surface area contributed by atoms with Crippen LogP contribution >= 0.6 is 12.6 Å². The van der Waals surface area contributed by atoms with Gasteiger partial charge in [0.2, 0.25) is 11.1 Å². The van der Waals surface area contributed by atoms with Crippen molar-refractivity contribution in [2.45, 2.75) is 24.7 Å². The second-order valence-electron chi connectivity index (χ2n) is 5.09. The molecule has 2 heterocycles. The Morgan fingerprint density at radius 1 is 1.25 bits per heavy atom. The fourth-order valence-corrected chi connectivity index (χ4v) is 2.34. The summed E-state index contributed by atoms with van der Waals surface area (Å²) < 4.78 is 5.67. The molecule has 102 valence electrons. The first-order valence-electron chi connectivity index (χ1n) is 6.33. The molecular weight excluding hydrogens is 272 g/mol. The maximum absolute atomic E-state index is 12.6. The van der Waals surface area contributed by atoms with Gasteiger partial charge in [-0.2, -0.15) is 4.98 Å². The molecule has 0 amide bonds. The molecule has 4 nitrogen and oxygen atoms in total. The molecule has 5 heteroatoms. The molecule has 2 N–H and O–H groups in total. The minimum Gasteiger partial charge on any atom is -0.437 e. The van der Waals surface area contributed by atoms with Crippen molar-refractivity contribution in [2.75, 3.05) is 5.73 Å². The van der Waals surface area contributed by atoms with E-state index < -0.39 is 0 Å². The van der Waals surface area contributed by atoms with Crippen LogP contribution in [0.15, 0.2) is 38.4 Å². The number of benzene rings is 1. The molecule has 0 atom stereocenters. The summed E-state index contributed by atoms with van der Waals surface area (Å²) in [6.07, 6.45) is 0. The zero-order valence-electron chi connectivity index (χ0n) is 11.2. The van der Waals surface area contributed by atoms with Gasteiger partial charge < -0.3 is 10.2 Å². The monoisotopic (exact) mass is 286 g/mol. The van der Waals surface area contributed by atoms with Crippen molar-refractivity contribution < 1.29 is 4.42 Å². The topological polar surface area (TPSA) is 69.1 Å². The molecule has 20 heavy (non-hydrogen) atoms. The Kier molecular flexibility index (Phi) is 2.94. The second-order valence-corrected chi connectivity index (χ2v) is 5.57. The Labute approximate surface area is 121 Å². The lowest BCUT2D eigenvalue weighted by molar-refractivity contribution is 0.644. The van der Waals surface area contributed by atoms with E-state index in [1.165, 1.54) is 0 Å². The lowest BCUT2D eigenvalue weighted by Crippen LogP contribution is -2.05. The van der Waals surface area contributed by atoms with Gasteiger partial charge in [-0.15, -0.1) is 12.6 Å². The molecule has 0 saturated carbocycles. The van der Waals surface area contributed by atoms with Gasteiger partial charge in [0, 0.05) is 4.90 Å². The normalized spacial score (nSPS) is 11.6. The van der Waals surface area contributed by atoms with Crippen LogP contribution in [0.2, 0.25) is 0 Å². The lowest BCUT2D eigenvalue weighted by Gasteiger charge is -2.07. The van der Waals surface area contributed by atoms with Crippen LogP contribution in [0.1, 0.15) is 25.3 Å². The van der Waals surface area contributed by atoms with Crippen LogP contribution in [0, 0.1) is 0 Å². The Morgan fingerprint density at radius 3 is 2.70 bits per heavy atom. The number of aromatic nitrogens is 1. The van der Waals surface area contributed by atoms with Crippen molar-refractivity contribution in [3.63, 3.8) is 0 Å². The number of nitrogens with two attached hydrogens (primary N) is 1. The number of nitrogens with zero attached hydrogens (tertiary/aromatic N) is 1. The number of thiol groups is 1. The molecule has 0 aliphatic rings. The third-order valence-electron chi connectivity index (χ3n) is 3.36. The van der Waals surface area contributed by atoms with Gasteiger partial charge in [0.15, 0.2) is 0 Å². The Balaban J connectivity index is 2.45. The fraction of sp³-hybridized carbons (Fsp3) is 0.200. The molecule has 3 rings (SSSR count). The van der Waals surface area contributed by atoms with E-state index >= 15 is 0 Å². The van der Waals surface area contributed by atoms with E-state index in [0.717, 1.165) is 5.56 Å². The minimum atomic E-state index is -0.105. The molecule has 0 unspecified atom stereocenters. The third-order valence-corrected chi connectivity index (χ3v) is 3.72. The molecule has 0 saturated heterocycles. The number of anilines is 1. The number of fused-ring (bicyclic) bond motifs is 2. The smallest absolute Gasteiger partial charge is 0.232 e. The summed E-state index contributed by atoms with van der Waals surface area (Å²) in [6.45, 7) is 4.16. The molecule has 0 aliphatic carbocycles. The molecule has 0 bridgehead atoms. The van der Waals surface area contributed by atoms with Gasteiger partial charge in [0.1, 0.15) is 11.4 Å². The largest absolute Gasteiger partial charge is 0.437 e. The van der Waals surface area contributed by atoms with Crippen LogP contribution in [0.25, 0.3) is 22.1 Å². The molecule has 0 spiro atoms. The van der Waals surface area contributed by atoms with E-state index in [2.05, 4.69) is 31.5 Å². The highest BCUT2D eigenvalue weighted by atomic mass is 32.1. The summed E-state index contributed by atoms with van der Waals surface area (Å²) in [4.78, 5) is 17.1. The van der Waals surface area contributed by atoms with Gasteiger partial charge in [-0.25, -0.2) is 0 Å². The van der Waals surface area contributed by atoms with E-state index in [9.17, 15) is 4.79 Å². The van der Waals surface area contributed by atoms with Crippen LogP contribution in [0.3, 0.4) is 0 Å². The summed E-state index contributed by atoms with van der Waals surface area (Å²) in [5.41, 5.74) is 7.45. The van der Waals surface area contributed by atoms with Gasteiger partial charge in [-0.05, 0) is 29.7 Å². The van der Waals surface area contributed by atoms with E-state index in [1.807, 2.05) is 12.1 Å². The van der Waals surface area contributed by atoms with E-state index in [4.69, 9.17) is 10.2 Å². The first kappa shape index (κ1) is 13.0. The minimum absolute atomic E-state index is 0.105. The maximum Gasteiger partial charge on any atom is 0.232 e. The van der Waals surface area contributed by atoms with E-state index in [-0.39, 0.29) is 17.0 Å². The fourth-order valence-electron chi connectivity index (χ4n) is 2.16. The Hall–Kier alpha value is -2.01. The van der Waals surface area contributed by atoms with Crippen LogP contribution in [-0.4, -0.2) is 4.98 Å². The van der Waals surface area contributed by atoms with E-state index in [0.29, 0.717) is 27.2 Å². The molecule has 0 aliphatic heterocycles. The summed E-state index contributed by atoms with van der Waals surface area (Å²) in [7, 11) is 0. The van der Waals surface area contributed by atoms with Crippen molar-refractivity contribution in [1.29, 1.82) is 0 Å². The van der Waals surface area contributed by atoms with Crippen molar-refractivity contribution in [1.82, 2.24) is 4.98 Å². The van der Waals surface area contributed by atoms with Crippen LogP contribution in [-0.2, 0) is 0 Å². The van der Waals surface area contributed by atoms with Crippen molar-refractivity contribution in [2.24, 2.45) is 0 Å². The second kappa shape index (κ2) is 4.52. The van der Waals surface area contributed by atoms with Gasteiger partial charge in [0.25, 0.3) is 0 Å². The van der Waals surface area contributed by atoms with Gasteiger partial charge >= 0.3 is 0 Å². The van der Waals surface area contributed by atoms with Crippen LogP contribution in [0.5, 0.6) is 0 Å². The highest BCUT2D eigenvalue weighted by Gasteiger charge is 2.12. The van der Waals surface area contributed by atoms with Crippen molar-refractivity contribution in [3.8, 4) is 0 Å². The molecule has 0 radical (unpaired) electrons. The molecular formula is C15H14N2O2S. The van der Waals surface area contributed by atoms with Gasteiger partial charge in [-0.1, -0.05) is 19.9 Å². The highest BCUT2D eigenvalue weighted by Crippen LogP contribution is 2.24. The van der Waals surface area contributed by atoms with Crippen molar-refractivity contribution in [3.05, 3.63) is 40.1 Å². The summed E-state index contributed by atoms with van der Waals surface area (Å²) >= 11 is 4.20. The quantitative estimate of drug-likeness (QED) is 0.532. The molecule has 3 aromatic rings.